The maximum Gasteiger partial charge on any atom is 0.257 e. The summed E-state index contributed by atoms with van der Waals surface area (Å²) in [4.78, 5) is 77.5. The second-order valence-corrected chi connectivity index (χ2v) is 20.0. The van der Waals surface area contributed by atoms with Gasteiger partial charge in [-0.05, 0) is 98.0 Å². The molecule has 3 saturated heterocycles. The van der Waals surface area contributed by atoms with Gasteiger partial charge in [0.25, 0.3) is 5.91 Å². The Balaban J connectivity index is 0.00000156. The first-order valence-corrected chi connectivity index (χ1v) is 25.0. The third-order valence-electron chi connectivity index (χ3n) is 14.3. The molecule has 0 radical (unpaired) electrons. The summed E-state index contributed by atoms with van der Waals surface area (Å²) < 4.78 is 13.6. The summed E-state index contributed by atoms with van der Waals surface area (Å²) in [5.74, 6) is 1.19. The lowest BCUT2D eigenvalue weighted by atomic mass is 9.65. The van der Waals surface area contributed by atoms with Crippen LogP contribution in [0.3, 0.4) is 0 Å². The number of aromatic amines is 1. The van der Waals surface area contributed by atoms with Crippen LogP contribution < -0.4 is 14.8 Å². The Bertz CT molecular complexity index is 2680. The van der Waals surface area contributed by atoms with Gasteiger partial charge in [-0.25, -0.2) is 0 Å². The molecule has 1 saturated carbocycles. The van der Waals surface area contributed by atoms with Crippen molar-refractivity contribution in [3.05, 3.63) is 75.4 Å². The Morgan fingerprint density at radius 2 is 1.74 bits per heavy atom. The highest BCUT2D eigenvalue weighted by atomic mass is 35.5. The number of aryl methyl sites for hydroxylation is 1. The summed E-state index contributed by atoms with van der Waals surface area (Å²) >= 11 is 8.12. The van der Waals surface area contributed by atoms with Crippen molar-refractivity contribution in [1.29, 1.82) is 0 Å². The fourth-order valence-corrected chi connectivity index (χ4v) is 12.5. The lowest BCUT2D eigenvalue weighted by Gasteiger charge is -2.50. The Morgan fingerprint density at radius 3 is 2.49 bits per heavy atom. The zero-order valence-corrected chi connectivity index (χ0v) is 40.8. The lowest BCUT2D eigenvalue weighted by molar-refractivity contribution is -0.139. The molecule has 2 aromatic carbocycles. The van der Waals surface area contributed by atoms with Crippen LogP contribution in [0.5, 0.6) is 11.5 Å². The maximum absolute atomic E-state index is 13.3. The lowest BCUT2D eigenvalue weighted by Crippen LogP contribution is -2.51. The average molecular weight is 986 g/mol. The van der Waals surface area contributed by atoms with Crippen molar-refractivity contribution in [2.75, 3.05) is 53.6 Å². The van der Waals surface area contributed by atoms with Gasteiger partial charge in [-0.1, -0.05) is 11.6 Å². The third-order valence-corrected chi connectivity index (χ3v) is 15.7. The number of aromatic nitrogens is 2. The topological polar surface area (TPSA) is 215 Å². The van der Waals surface area contributed by atoms with E-state index in [4.69, 9.17) is 31.3 Å². The molecule has 368 valence electrons. The van der Waals surface area contributed by atoms with Crippen LogP contribution in [0.4, 0.5) is 0 Å². The van der Waals surface area contributed by atoms with Crippen molar-refractivity contribution >= 4 is 74.0 Å². The van der Waals surface area contributed by atoms with Gasteiger partial charge in [-0.3, -0.25) is 34.0 Å². The van der Waals surface area contributed by atoms with Gasteiger partial charge in [0.1, 0.15) is 23.9 Å². The molecule has 7 heterocycles. The first-order chi connectivity index (χ1) is 33.5. The van der Waals surface area contributed by atoms with Crippen molar-refractivity contribution in [1.82, 2.24) is 30.0 Å². The van der Waals surface area contributed by atoms with Crippen LogP contribution in [0.25, 0.3) is 32.2 Å². The van der Waals surface area contributed by atoms with Crippen molar-refractivity contribution in [3.8, 4) is 22.6 Å². The van der Waals surface area contributed by atoms with E-state index >= 15 is 0 Å². The number of imide groups is 1. The smallest absolute Gasteiger partial charge is 0.257 e. The second kappa shape index (κ2) is 22.1. The minimum Gasteiger partial charge on any atom is -0.489 e. The largest absolute Gasteiger partial charge is 0.489 e. The number of hydrogen-bond acceptors (Lipinski definition) is 13. The molecule has 5 atom stereocenters. The number of fused-ring (bicyclic) bond motifs is 7. The predicted molar refractivity (Wildman–Crippen MR) is 262 cm³/mol. The number of carbonyl (C=O) groups excluding carboxylic acids is 5. The zero-order valence-electron chi connectivity index (χ0n) is 39.2. The molecule has 16 nitrogen and oxygen atoms in total. The summed E-state index contributed by atoms with van der Waals surface area (Å²) in [5, 5.41) is 28.9. The molecule has 0 spiro atoms. The second-order valence-electron chi connectivity index (χ2n) is 18.4. The van der Waals surface area contributed by atoms with Crippen LogP contribution in [0.1, 0.15) is 79.1 Å². The highest BCUT2D eigenvalue weighted by Crippen LogP contribution is 2.49. The SMILES string of the molecule is CO.CO.Cc1cc(Cl)cc(-c2ccnc3cc(CN4C(=O)CCC4=O)sc23)c1OC1CCN(C(=O)CCNC(=O)COc2ccc3[nH]c4c(c3c2)CCN2C[C@H]3CC(O)CC(C=O)[C@H]3CC42)CC1. The van der Waals surface area contributed by atoms with Gasteiger partial charge in [0, 0.05) is 129 Å². The molecule has 1 aliphatic carbocycles. The van der Waals surface area contributed by atoms with Crippen LogP contribution in [-0.4, -0.2) is 136 Å². The van der Waals surface area contributed by atoms with Gasteiger partial charge in [0.05, 0.1) is 28.9 Å². The number of aliphatic hydroxyl groups excluding tert-OH is 3. The molecule has 5 aromatic rings. The fourth-order valence-electron chi connectivity index (χ4n) is 11.1. The Kier molecular flexibility index (Phi) is 16.0. The van der Waals surface area contributed by atoms with Gasteiger partial charge in [-0.15, -0.1) is 11.3 Å². The number of rotatable bonds is 12. The number of carbonyl (C=O) groups is 5. The highest BCUT2D eigenvalue weighted by Gasteiger charge is 2.46. The van der Waals surface area contributed by atoms with Crippen molar-refractivity contribution in [2.45, 2.75) is 89.5 Å². The summed E-state index contributed by atoms with van der Waals surface area (Å²) in [5.41, 5.74) is 6.87. The van der Waals surface area contributed by atoms with Crippen molar-refractivity contribution < 1.29 is 48.8 Å². The van der Waals surface area contributed by atoms with Gasteiger partial charge < -0.3 is 44.8 Å². The zero-order chi connectivity index (χ0) is 48.9. The van der Waals surface area contributed by atoms with E-state index in [0.29, 0.717) is 54.8 Å². The minimum absolute atomic E-state index is 0.0319. The molecule has 4 amide bonds. The molecule has 3 aromatic heterocycles. The molecule has 4 fully saturated rings. The highest BCUT2D eigenvalue weighted by molar-refractivity contribution is 7.19. The van der Waals surface area contributed by atoms with E-state index < -0.39 is 6.10 Å². The van der Waals surface area contributed by atoms with Crippen LogP contribution in [0.2, 0.25) is 5.02 Å². The maximum atomic E-state index is 13.3. The van der Waals surface area contributed by atoms with E-state index in [1.54, 1.807) is 6.20 Å². The molecule has 0 bridgehead atoms. The van der Waals surface area contributed by atoms with Crippen LogP contribution >= 0.6 is 22.9 Å². The molecule has 3 unspecified atom stereocenters. The number of ether oxygens (including phenoxy) is 2. The normalized spacial score (nSPS) is 22.4. The number of hydrogen-bond donors (Lipinski definition) is 5. The number of H-pyrrole nitrogens is 1. The average Bonchev–Trinajstić information content (AvgIpc) is 4.06. The Hall–Kier alpha value is -5.43. The summed E-state index contributed by atoms with van der Waals surface area (Å²) in [6.07, 6.45) is 7.32. The predicted octanol–water partition coefficient (Wildman–Crippen LogP) is 5.73. The Labute approximate surface area is 409 Å². The number of pyridine rings is 1. The van der Waals surface area contributed by atoms with E-state index in [0.717, 1.165) is 95.5 Å². The van der Waals surface area contributed by atoms with Gasteiger partial charge in [-0.2, -0.15) is 0 Å². The first kappa shape index (κ1) is 50.0. The van der Waals surface area contributed by atoms with Gasteiger partial charge in [0.2, 0.25) is 17.7 Å². The number of benzene rings is 2. The molecule has 5 N–H and O–H groups in total. The van der Waals surface area contributed by atoms with Crippen molar-refractivity contribution in [3.63, 3.8) is 0 Å². The van der Waals surface area contributed by atoms with Crippen LogP contribution in [0, 0.1) is 24.7 Å². The van der Waals surface area contributed by atoms with E-state index in [1.165, 1.54) is 27.5 Å². The number of nitrogens with one attached hydrogen (secondary N) is 2. The summed E-state index contributed by atoms with van der Waals surface area (Å²) in [6.45, 7) is 5.10. The van der Waals surface area contributed by atoms with E-state index in [9.17, 15) is 29.1 Å². The van der Waals surface area contributed by atoms with Gasteiger partial charge >= 0.3 is 0 Å². The van der Waals surface area contributed by atoms with E-state index in [-0.39, 0.29) is 86.6 Å². The molecule has 69 heavy (non-hydrogen) atoms. The van der Waals surface area contributed by atoms with E-state index in [1.807, 2.05) is 54.3 Å². The fraction of sp³-hybridized carbons (Fsp3) is 0.490. The Morgan fingerprint density at radius 1 is 0.971 bits per heavy atom. The number of piperidine rings is 2. The molecular weight excluding hydrogens is 924 g/mol. The van der Waals surface area contributed by atoms with Gasteiger partial charge in [0.15, 0.2) is 6.61 Å². The number of likely N-dealkylation sites (tertiary alicyclic amines) is 2. The first-order valence-electron chi connectivity index (χ1n) is 23.8. The number of thiophene rings is 1. The standard InChI is InChI=1S/C49H53ClN6O8S.2CH4O/c1-27-16-30(50)19-39(36-6-11-51-41-21-34(65-49(36)41)24-56-45(61)4-5-46(56)62)48(27)64-32-8-13-54(14-9-32)44(60)7-12-52-43(59)26-63-33-2-3-40-38(20-33)35-10-15-55-23-28-17-31(58)18-29(25-57)37(28)22-42(55)47(35)53-40;2*1-2/h2-3,6,11,16,19-21,25,28-29,31-32,37,42,53,58H,4-5,7-10,12-15,17-18,22-24,26H2,1H3,(H,52,59);2*2H,1H3/t28-,29?,31?,37+,42?;;/m1../s1. The minimum atomic E-state index is -0.398. The third kappa shape index (κ3) is 10.7. The summed E-state index contributed by atoms with van der Waals surface area (Å²) in [7, 11) is 2.00. The quantitative estimate of drug-likeness (QED) is 0.0749. The number of halogens is 1. The molecular formula is C51H61ClN6O10S. The molecule has 10 rings (SSSR count). The molecule has 5 aliphatic rings. The van der Waals surface area contributed by atoms with E-state index in [2.05, 4.69) is 20.2 Å². The number of amides is 4. The molecule has 18 heteroatoms. The number of aliphatic hydroxyl groups is 3. The number of aldehydes is 1. The van der Waals surface area contributed by atoms with Crippen LogP contribution in [-0.2, 0) is 36.9 Å². The van der Waals surface area contributed by atoms with Crippen molar-refractivity contribution in [2.24, 2.45) is 17.8 Å². The summed E-state index contributed by atoms with van der Waals surface area (Å²) in [6, 6.07) is 13.7. The monoisotopic (exact) mass is 984 g/mol. The molecule has 4 aliphatic heterocycles. The number of nitrogens with zero attached hydrogens (tertiary/aromatic N) is 4. The van der Waals surface area contributed by atoms with Crippen LogP contribution in [0.15, 0.2) is 48.7 Å².